The predicted molar refractivity (Wildman–Crippen MR) is 89.6 cm³/mol. The molecule has 3 rings (SSSR count). The Bertz CT molecular complexity index is 627. The number of hydrogen-bond acceptors (Lipinski definition) is 2. The Hall–Kier alpha value is -1.32. The molecule has 0 spiro atoms. The molecular formula is C18H27N3. The third-order valence-electron chi connectivity index (χ3n) is 4.46. The SMILES string of the molecule is CCCn1cc(CC(C)NCC)c2cc3c(cc21)CNC3. The van der Waals surface area contributed by atoms with E-state index in [0.717, 1.165) is 32.6 Å². The van der Waals surface area contributed by atoms with Crippen molar-refractivity contribution in [3.8, 4) is 0 Å². The Kier molecular flexibility index (Phi) is 4.32. The lowest BCUT2D eigenvalue weighted by Crippen LogP contribution is -2.27. The largest absolute Gasteiger partial charge is 0.347 e. The molecule has 2 aromatic rings. The van der Waals surface area contributed by atoms with Crippen molar-refractivity contribution in [3.05, 3.63) is 35.0 Å². The maximum Gasteiger partial charge on any atom is 0.0486 e. The molecule has 0 radical (unpaired) electrons. The van der Waals surface area contributed by atoms with Crippen molar-refractivity contribution >= 4 is 10.9 Å². The highest BCUT2D eigenvalue weighted by Crippen LogP contribution is 2.28. The highest BCUT2D eigenvalue weighted by Gasteiger charge is 2.16. The molecule has 0 amide bonds. The smallest absolute Gasteiger partial charge is 0.0486 e. The van der Waals surface area contributed by atoms with Gasteiger partial charge in [-0.1, -0.05) is 13.8 Å². The van der Waals surface area contributed by atoms with Gasteiger partial charge in [-0.2, -0.15) is 0 Å². The minimum atomic E-state index is 0.530. The van der Waals surface area contributed by atoms with Crippen LogP contribution in [0.4, 0.5) is 0 Å². The molecule has 1 aromatic heterocycles. The molecule has 0 saturated carbocycles. The van der Waals surface area contributed by atoms with Gasteiger partial charge in [0.2, 0.25) is 0 Å². The van der Waals surface area contributed by atoms with Crippen molar-refractivity contribution in [1.29, 1.82) is 0 Å². The summed E-state index contributed by atoms with van der Waals surface area (Å²) in [4.78, 5) is 0. The zero-order valence-electron chi connectivity index (χ0n) is 13.5. The Balaban J connectivity index is 2.02. The Morgan fingerprint density at radius 1 is 1.24 bits per heavy atom. The van der Waals surface area contributed by atoms with Crippen LogP contribution in [0.25, 0.3) is 10.9 Å². The van der Waals surface area contributed by atoms with Crippen molar-refractivity contribution in [2.75, 3.05) is 6.54 Å². The van der Waals surface area contributed by atoms with E-state index in [4.69, 9.17) is 0 Å². The second-order valence-corrected chi connectivity index (χ2v) is 6.25. The van der Waals surface area contributed by atoms with E-state index in [0.29, 0.717) is 6.04 Å². The molecule has 1 aliphatic heterocycles. The lowest BCUT2D eigenvalue weighted by atomic mass is 10.0. The lowest BCUT2D eigenvalue weighted by Gasteiger charge is -2.11. The Labute approximate surface area is 127 Å². The molecular weight excluding hydrogens is 258 g/mol. The molecule has 1 atom stereocenters. The van der Waals surface area contributed by atoms with E-state index in [2.05, 4.69) is 54.3 Å². The summed E-state index contributed by atoms with van der Waals surface area (Å²) in [7, 11) is 0. The summed E-state index contributed by atoms with van der Waals surface area (Å²) in [5.74, 6) is 0. The van der Waals surface area contributed by atoms with Crippen LogP contribution in [0.2, 0.25) is 0 Å². The second kappa shape index (κ2) is 6.20. The van der Waals surface area contributed by atoms with Crippen LogP contribution >= 0.6 is 0 Å². The molecule has 0 aliphatic carbocycles. The van der Waals surface area contributed by atoms with Gasteiger partial charge in [0.1, 0.15) is 0 Å². The van der Waals surface area contributed by atoms with E-state index in [1.54, 1.807) is 0 Å². The van der Waals surface area contributed by atoms with Gasteiger partial charge in [0.05, 0.1) is 0 Å². The second-order valence-electron chi connectivity index (χ2n) is 6.25. The zero-order valence-corrected chi connectivity index (χ0v) is 13.5. The first-order chi connectivity index (χ1) is 10.2. The minimum Gasteiger partial charge on any atom is -0.347 e. The Morgan fingerprint density at radius 3 is 2.71 bits per heavy atom. The molecule has 1 unspecified atom stereocenters. The third kappa shape index (κ3) is 2.85. The molecule has 2 heterocycles. The first-order valence-corrected chi connectivity index (χ1v) is 8.30. The maximum absolute atomic E-state index is 3.53. The van der Waals surface area contributed by atoms with Crippen LogP contribution in [0.1, 0.15) is 43.9 Å². The van der Waals surface area contributed by atoms with Crippen LogP contribution < -0.4 is 10.6 Å². The molecule has 21 heavy (non-hydrogen) atoms. The van der Waals surface area contributed by atoms with Crippen molar-refractivity contribution in [2.24, 2.45) is 0 Å². The lowest BCUT2D eigenvalue weighted by molar-refractivity contribution is 0.565. The average molecular weight is 285 g/mol. The number of nitrogens with zero attached hydrogens (tertiary/aromatic N) is 1. The van der Waals surface area contributed by atoms with Crippen molar-refractivity contribution in [2.45, 2.75) is 59.3 Å². The van der Waals surface area contributed by atoms with E-state index >= 15 is 0 Å². The summed E-state index contributed by atoms with van der Waals surface area (Å²) in [6.45, 7) is 10.9. The van der Waals surface area contributed by atoms with Gasteiger partial charge < -0.3 is 15.2 Å². The highest BCUT2D eigenvalue weighted by molar-refractivity contribution is 5.86. The number of fused-ring (bicyclic) bond motifs is 2. The molecule has 3 heteroatoms. The topological polar surface area (TPSA) is 29.0 Å². The van der Waals surface area contributed by atoms with Crippen LogP contribution in [-0.2, 0) is 26.1 Å². The standard InChI is InChI=1S/C18H27N3/c1-4-6-21-12-16(7-13(3)20-5-2)17-8-14-10-19-11-15(14)9-18(17)21/h8-9,12-13,19-20H,4-7,10-11H2,1-3H3. The van der Waals surface area contributed by atoms with Crippen molar-refractivity contribution in [3.63, 3.8) is 0 Å². The van der Waals surface area contributed by atoms with Gasteiger partial charge in [0.15, 0.2) is 0 Å². The van der Waals surface area contributed by atoms with Crippen LogP contribution in [-0.4, -0.2) is 17.2 Å². The number of nitrogens with one attached hydrogen (secondary N) is 2. The van der Waals surface area contributed by atoms with Gasteiger partial charge in [0.25, 0.3) is 0 Å². The van der Waals surface area contributed by atoms with E-state index < -0.39 is 0 Å². The van der Waals surface area contributed by atoms with Gasteiger partial charge in [0, 0.05) is 42.8 Å². The van der Waals surface area contributed by atoms with Gasteiger partial charge in [-0.15, -0.1) is 0 Å². The minimum absolute atomic E-state index is 0.530. The fraction of sp³-hybridized carbons (Fsp3) is 0.556. The van der Waals surface area contributed by atoms with E-state index in [-0.39, 0.29) is 0 Å². The third-order valence-corrected chi connectivity index (χ3v) is 4.46. The molecule has 1 aliphatic rings. The van der Waals surface area contributed by atoms with E-state index in [1.807, 2.05) is 0 Å². The molecule has 0 saturated heterocycles. The van der Waals surface area contributed by atoms with Crippen LogP contribution in [0, 0.1) is 0 Å². The van der Waals surface area contributed by atoms with Crippen molar-refractivity contribution in [1.82, 2.24) is 15.2 Å². The fourth-order valence-electron chi connectivity index (χ4n) is 3.50. The number of benzene rings is 1. The summed E-state index contributed by atoms with van der Waals surface area (Å²) in [6.07, 6.45) is 4.67. The first kappa shape index (κ1) is 14.6. The van der Waals surface area contributed by atoms with Gasteiger partial charge in [-0.05, 0) is 55.1 Å². The molecule has 0 bridgehead atoms. The summed E-state index contributed by atoms with van der Waals surface area (Å²) in [5.41, 5.74) is 5.86. The monoisotopic (exact) mass is 285 g/mol. The molecule has 1 aromatic carbocycles. The number of aromatic nitrogens is 1. The number of rotatable bonds is 6. The number of likely N-dealkylation sites (N-methyl/N-ethyl adjacent to an activating group) is 1. The summed E-state index contributed by atoms with van der Waals surface area (Å²) < 4.78 is 2.45. The Morgan fingerprint density at radius 2 is 2.00 bits per heavy atom. The quantitative estimate of drug-likeness (QED) is 0.853. The molecule has 2 N–H and O–H groups in total. The summed E-state index contributed by atoms with van der Waals surface area (Å²) in [6, 6.07) is 5.36. The van der Waals surface area contributed by atoms with Crippen LogP contribution in [0.3, 0.4) is 0 Å². The van der Waals surface area contributed by atoms with Gasteiger partial charge >= 0.3 is 0 Å². The molecule has 0 fully saturated rings. The van der Waals surface area contributed by atoms with E-state index in [9.17, 15) is 0 Å². The normalized spacial score (nSPS) is 15.6. The fourth-order valence-corrected chi connectivity index (χ4v) is 3.50. The average Bonchev–Trinajstić information content (AvgIpc) is 3.03. The first-order valence-electron chi connectivity index (χ1n) is 8.30. The van der Waals surface area contributed by atoms with Crippen LogP contribution in [0.15, 0.2) is 18.3 Å². The summed E-state index contributed by atoms with van der Waals surface area (Å²) in [5, 5.41) is 8.45. The molecule has 3 nitrogen and oxygen atoms in total. The van der Waals surface area contributed by atoms with Gasteiger partial charge in [-0.25, -0.2) is 0 Å². The maximum atomic E-state index is 3.53. The van der Waals surface area contributed by atoms with E-state index in [1.165, 1.54) is 34.0 Å². The molecule has 114 valence electrons. The number of hydrogen-bond donors (Lipinski definition) is 2. The number of aryl methyl sites for hydroxylation is 1. The van der Waals surface area contributed by atoms with Gasteiger partial charge in [-0.3, -0.25) is 0 Å². The van der Waals surface area contributed by atoms with Crippen molar-refractivity contribution < 1.29 is 0 Å². The predicted octanol–water partition coefficient (Wildman–Crippen LogP) is 3.20. The highest BCUT2D eigenvalue weighted by atomic mass is 15.0. The zero-order chi connectivity index (χ0) is 14.8. The van der Waals surface area contributed by atoms with Crippen LogP contribution in [0.5, 0.6) is 0 Å². The summed E-state index contributed by atoms with van der Waals surface area (Å²) >= 11 is 0.